The van der Waals surface area contributed by atoms with Crippen LogP contribution in [-0.4, -0.2) is 23.1 Å². The number of ether oxygens (including phenoxy) is 2. The number of nitro benzene ring substituents is 1. The van der Waals surface area contributed by atoms with E-state index >= 15 is 0 Å². The highest BCUT2D eigenvalue weighted by molar-refractivity contribution is 5.85. The average Bonchev–Trinajstić information content (AvgIpc) is 2.57. The first-order valence-electron chi connectivity index (χ1n) is 7.36. The smallest absolute Gasteiger partial charge is 0.328 e. The van der Waals surface area contributed by atoms with Crippen molar-refractivity contribution in [3.8, 4) is 11.5 Å². The van der Waals surface area contributed by atoms with E-state index in [1.807, 2.05) is 6.92 Å². The van der Waals surface area contributed by atoms with E-state index in [-0.39, 0.29) is 18.0 Å². The molecule has 0 radical (unpaired) electrons. The number of nitro groups is 1. The highest BCUT2D eigenvalue weighted by Gasteiger charge is 2.16. The monoisotopic (exact) mass is 343 g/mol. The summed E-state index contributed by atoms with van der Waals surface area (Å²) < 4.78 is 10.9. The third-order valence-electron chi connectivity index (χ3n) is 3.42. The van der Waals surface area contributed by atoms with E-state index in [1.165, 1.54) is 19.3 Å². The maximum Gasteiger partial charge on any atom is 0.328 e. The van der Waals surface area contributed by atoms with Gasteiger partial charge in [0.05, 0.1) is 12.0 Å². The summed E-state index contributed by atoms with van der Waals surface area (Å²) in [7, 11) is 1.50. The Hall–Kier alpha value is -3.35. The lowest BCUT2D eigenvalue weighted by Gasteiger charge is -2.12. The zero-order valence-electron chi connectivity index (χ0n) is 13.8. The van der Waals surface area contributed by atoms with Crippen molar-refractivity contribution < 1.29 is 24.3 Å². The first-order valence-corrected chi connectivity index (χ1v) is 7.36. The van der Waals surface area contributed by atoms with Gasteiger partial charge in [-0.15, -0.1) is 0 Å². The molecular weight excluding hydrogens is 326 g/mol. The molecular formula is C18H17NO6. The SMILES string of the molecule is COc1ccc(/C=C/C(=O)O)cc1COc1cc(C)ccc1[N+](=O)[O-]. The highest BCUT2D eigenvalue weighted by atomic mass is 16.6. The molecule has 0 bridgehead atoms. The average molecular weight is 343 g/mol. The van der Waals surface area contributed by atoms with Gasteiger partial charge in [0.25, 0.3) is 0 Å². The number of rotatable bonds is 7. The van der Waals surface area contributed by atoms with Crippen LogP contribution in [0.15, 0.2) is 42.5 Å². The van der Waals surface area contributed by atoms with Crippen LogP contribution in [0.2, 0.25) is 0 Å². The van der Waals surface area contributed by atoms with Gasteiger partial charge in [0, 0.05) is 17.7 Å². The van der Waals surface area contributed by atoms with Crippen LogP contribution in [0, 0.1) is 17.0 Å². The molecule has 0 aliphatic carbocycles. The molecule has 0 saturated heterocycles. The molecule has 0 unspecified atom stereocenters. The fraction of sp³-hybridized carbons (Fsp3) is 0.167. The molecule has 0 fully saturated rings. The molecule has 0 heterocycles. The summed E-state index contributed by atoms with van der Waals surface area (Å²) in [6, 6.07) is 9.73. The van der Waals surface area contributed by atoms with E-state index in [0.29, 0.717) is 16.9 Å². The number of carboxylic acid groups (broad SMARTS) is 1. The Balaban J connectivity index is 2.28. The van der Waals surface area contributed by atoms with E-state index in [9.17, 15) is 14.9 Å². The summed E-state index contributed by atoms with van der Waals surface area (Å²) in [5, 5.41) is 19.8. The second kappa shape index (κ2) is 7.96. The van der Waals surface area contributed by atoms with Gasteiger partial charge in [0.2, 0.25) is 0 Å². The Morgan fingerprint density at radius 1 is 1.24 bits per heavy atom. The summed E-state index contributed by atoms with van der Waals surface area (Å²) in [4.78, 5) is 21.2. The normalized spacial score (nSPS) is 10.6. The van der Waals surface area contributed by atoms with Crippen molar-refractivity contribution in [3.05, 3.63) is 69.3 Å². The van der Waals surface area contributed by atoms with Gasteiger partial charge in [0.15, 0.2) is 5.75 Å². The number of benzene rings is 2. The van der Waals surface area contributed by atoms with Crippen molar-refractivity contribution in [1.29, 1.82) is 0 Å². The molecule has 0 spiro atoms. The van der Waals surface area contributed by atoms with Crippen LogP contribution in [0.3, 0.4) is 0 Å². The summed E-state index contributed by atoms with van der Waals surface area (Å²) >= 11 is 0. The van der Waals surface area contributed by atoms with E-state index in [0.717, 1.165) is 11.6 Å². The zero-order valence-corrected chi connectivity index (χ0v) is 13.8. The summed E-state index contributed by atoms with van der Waals surface area (Å²) in [5.74, 6) is -0.342. The van der Waals surface area contributed by atoms with Crippen LogP contribution in [0.25, 0.3) is 6.08 Å². The number of carboxylic acids is 1. The van der Waals surface area contributed by atoms with Crippen LogP contribution >= 0.6 is 0 Å². The minimum absolute atomic E-state index is 0.0439. The topological polar surface area (TPSA) is 98.9 Å². The van der Waals surface area contributed by atoms with Crippen molar-refractivity contribution in [2.24, 2.45) is 0 Å². The second-order valence-electron chi connectivity index (χ2n) is 5.26. The van der Waals surface area contributed by atoms with Crippen LogP contribution in [0.5, 0.6) is 11.5 Å². The number of aliphatic carboxylic acids is 1. The molecule has 0 atom stereocenters. The highest BCUT2D eigenvalue weighted by Crippen LogP contribution is 2.30. The number of nitrogens with zero attached hydrogens (tertiary/aromatic N) is 1. The van der Waals surface area contributed by atoms with Gasteiger partial charge in [-0.1, -0.05) is 12.1 Å². The van der Waals surface area contributed by atoms with Gasteiger partial charge in [-0.25, -0.2) is 4.79 Å². The van der Waals surface area contributed by atoms with E-state index in [1.54, 1.807) is 30.3 Å². The van der Waals surface area contributed by atoms with Gasteiger partial charge >= 0.3 is 11.7 Å². The fourth-order valence-electron chi connectivity index (χ4n) is 2.23. The van der Waals surface area contributed by atoms with Crippen molar-refractivity contribution in [2.45, 2.75) is 13.5 Å². The Morgan fingerprint density at radius 3 is 2.64 bits per heavy atom. The minimum Gasteiger partial charge on any atom is -0.496 e. The fourth-order valence-corrected chi connectivity index (χ4v) is 2.23. The zero-order chi connectivity index (χ0) is 18.4. The number of carbonyl (C=O) groups is 1. The molecule has 25 heavy (non-hydrogen) atoms. The van der Waals surface area contributed by atoms with Gasteiger partial charge in [-0.2, -0.15) is 0 Å². The second-order valence-corrected chi connectivity index (χ2v) is 5.26. The van der Waals surface area contributed by atoms with Gasteiger partial charge in [-0.3, -0.25) is 10.1 Å². The molecule has 0 aromatic heterocycles. The first-order chi connectivity index (χ1) is 11.9. The van der Waals surface area contributed by atoms with Crippen molar-refractivity contribution in [2.75, 3.05) is 7.11 Å². The van der Waals surface area contributed by atoms with E-state index in [2.05, 4.69) is 0 Å². The number of aryl methyl sites for hydroxylation is 1. The number of hydrogen-bond acceptors (Lipinski definition) is 5. The Kier molecular flexibility index (Phi) is 5.73. The van der Waals surface area contributed by atoms with Crippen LogP contribution < -0.4 is 9.47 Å². The third kappa shape index (κ3) is 4.81. The Labute approximate surface area is 144 Å². The summed E-state index contributed by atoms with van der Waals surface area (Å²) in [6.45, 7) is 1.86. The lowest BCUT2D eigenvalue weighted by molar-refractivity contribution is -0.386. The number of hydrogen-bond donors (Lipinski definition) is 1. The molecule has 130 valence electrons. The van der Waals surface area contributed by atoms with Gasteiger partial charge in [-0.05, 0) is 42.3 Å². The predicted octanol–water partition coefficient (Wildman–Crippen LogP) is 3.59. The molecule has 2 rings (SSSR count). The Morgan fingerprint density at radius 2 is 2.00 bits per heavy atom. The largest absolute Gasteiger partial charge is 0.496 e. The molecule has 2 aromatic carbocycles. The van der Waals surface area contributed by atoms with Crippen LogP contribution in [-0.2, 0) is 11.4 Å². The Bertz CT molecular complexity index is 828. The van der Waals surface area contributed by atoms with Crippen molar-refractivity contribution >= 4 is 17.7 Å². The van der Waals surface area contributed by atoms with Crippen molar-refractivity contribution in [3.63, 3.8) is 0 Å². The lowest BCUT2D eigenvalue weighted by atomic mass is 10.1. The predicted molar refractivity (Wildman–Crippen MR) is 91.8 cm³/mol. The maximum atomic E-state index is 11.1. The van der Waals surface area contributed by atoms with Crippen LogP contribution in [0.4, 0.5) is 5.69 Å². The first kappa shape index (κ1) is 18.0. The molecule has 7 heteroatoms. The van der Waals surface area contributed by atoms with E-state index in [4.69, 9.17) is 14.6 Å². The van der Waals surface area contributed by atoms with Gasteiger partial charge < -0.3 is 14.6 Å². The van der Waals surface area contributed by atoms with E-state index < -0.39 is 10.9 Å². The van der Waals surface area contributed by atoms with Crippen molar-refractivity contribution in [1.82, 2.24) is 0 Å². The third-order valence-corrected chi connectivity index (χ3v) is 3.42. The number of methoxy groups -OCH3 is 1. The maximum absolute atomic E-state index is 11.1. The summed E-state index contributed by atoms with van der Waals surface area (Å²) in [5.41, 5.74) is 2.02. The lowest BCUT2D eigenvalue weighted by Crippen LogP contribution is -2.02. The van der Waals surface area contributed by atoms with Crippen LogP contribution in [0.1, 0.15) is 16.7 Å². The van der Waals surface area contributed by atoms with Gasteiger partial charge in [0.1, 0.15) is 12.4 Å². The molecule has 0 aliphatic heterocycles. The minimum atomic E-state index is -1.05. The molecule has 0 saturated carbocycles. The molecule has 0 amide bonds. The molecule has 2 aromatic rings. The quantitative estimate of drug-likeness (QED) is 0.468. The molecule has 7 nitrogen and oxygen atoms in total. The molecule has 1 N–H and O–H groups in total. The molecule has 0 aliphatic rings. The standard InChI is InChI=1S/C18H17NO6/c1-12-3-6-15(19(22)23)17(9-12)25-11-14-10-13(5-8-18(20)21)4-7-16(14)24-2/h3-10H,11H2,1-2H3,(H,20,21)/b8-5+. The summed E-state index contributed by atoms with van der Waals surface area (Å²) in [6.07, 6.45) is 2.47.